The minimum atomic E-state index is -1.01. The predicted molar refractivity (Wildman–Crippen MR) is 139 cm³/mol. The number of benzene rings is 2. The molecule has 2 fully saturated rings. The van der Waals surface area contributed by atoms with Crippen LogP contribution >= 0.6 is 24.0 Å². The molecule has 7 nitrogen and oxygen atoms in total. The van der Waals surface area contributed by atoms with Crippen LogP contribution in [0.4, 0.5) is 5.69 Å². The predicted octanol–water partition coefficient (Wildman–Crippen LogP) is 4.34. The summed E-state index contributed by atoms with van der Waals surface area (Å²) in [4.78, 5) is 53.6. The van der Waals surface area contributed by atoms with E-state index >= 15 is 0 Å². The summed E-state index contributed by atoms with van der Waals surface area (Å²) in [6, 6.07) is 14.7. The second-order valence-corrected chi connectivity index (χ2v) is 9.58. The van der Waals surface area contributed by atoms with E-state index in [9.17, 15) is 19.2 Å². The van der Waals surface area contributed by atoms with Gasteiger partial charge in [0, 0.05) is 0 Å². The summed E-state index contributed by atoms with van der Waals surface area (Å²) in [7, 11) is 0. The fraction of sp³-hybridized carbons (Fsp3) is 0.192. The van der Waals surface area contributed by atoms with E-state index in [0.29, 0.717) is 16.2 Å². The van der Waals surface area contributed by atoms with Crippen LogP contribution in [0.25, 0.3) is 6.08 Å². The quantitative estimate of drug-likeness (QED) is 0.249. The minimum absolute atomic E-state index is 0.170. The highest BCUT2D eigenvalue weighted by Crippen LogP contribution is 2.37. The summed E-state index contributed by atoms with van der Waals surface area (Å²) in [6.07, 6.45) is 3.51. The van der Waals surface area contributed by atoms with E-state index in [2.05, 4.69) is 0 Å². The number of thioether (sulfide) groups is 1. The first-order chi connectivity index (χ1) is 16.8. The lowest BCUT2D eigenvalue weighted by Gasteiger charge is -2.21. The van der Waals surface area contributed by atoms with Gasteiger partial charge in [0.25, 0.3) is 11.8 Å². The smallest absolute Gasteiger partial charge is 0.338 e. The molecule has 0 bridgehead atoms. The fourth-order valence-corrected chi connectivity index (χ4v) is 5.27. The monoisotopic (exact) mass is 506 g/mol. The van der Waals surface area contributed by atoms with Gasteiger partial charge in [0.05, 0.1) is 29.2 Å². The Kier molecular flexibility index (Phi) is 7.28. The molecule has 0 N–H and O–H groups in total. The maximum atomic E-state index is 13.2. The van der Waals surface area contributed by atoms with Crippen molar-refractivity contribution >= 4 is 63.8 Å². The molecule has 2 aromatic carbocycles. The topological polar surface area (TPSA) is 84.0 Å². The molecule has 178 valence electrons. The number of amides is 3. The summed E-state index contributed by atoms with van der Waals surface area (Å²) in [5.41, 5.74) is 2.48. The number of rotatable bonds is 6. The van der Waals surface area contributed by atoms with Crippen LogP contribution in [0.5, 0.6) is 0 Å². The van der Waals surface area contributed by atoms with E-state index < -0.39 is 29.7 Å². The van der Waals surface area contributed by atoms with Crippen molar-refractivity contribution < 1.29 is 23.9 Å². The Morgan fingerprint density at radius 1 is 1.11 bits per heavy atom. The molecule has 2 aliphatic heterocycles. The first kappa shape index (κ1) is 24.6. The highest BCUT2D eigenvalue weighted by molar-refractivity contribution is 8.26. The van der Waals surface area contributed by atoms with Gasteiger partial charge in [-0.25, -0.2) is 9.69 Å². The Morgan fingerprint density at radius 2 is 1.80 bits per heavy atom. The highest BCUT2D eigenvalue weighted by atomic mass is 32.2. The Balaban J connectivity index is 1.52. The van der Waals surface area contributed by atoms with E-state index in [4.69, 9.17) is 17.0 Å². The average molecular weight is 507 g/mol. The summed E-state index contributed by atoms with van der Waals surface area (Å²) >= 11 is 6.52. The van der Waals surface area contributed by atoms with Gasteiger partial charge in [-0.2, -0.15) is 0 Å². The van der Waals surface area contributed by atoms with Gasteiger partial charge in [0.2, 0.25) is 5.91 Å². The van der Waals surface area contributed by atoms with Crippen molar-refractivity contribution in [1.29, 1.82) is 0 Å². The number of thiocarbonyl (C=S) groups is 1. The van der Waals surface area contributed by atoms with Crippen LogP contribution in [0.2, 0.25) is 0 Å². The Bertz CT molecular complexity index is 1270. The van der Waals surface area contributed by atoms with Crippen molar-refractivity contribution in [2.45, 2.75) is 26.3 Å². The first-order valence-electron chi connectivity index (χ1n) is 10.9. The molecule has 2 saturated heterocycles. The molecular weight excluding hydrogens is 484 g/mol. The van der Waals surface area contributed by atoms with Crippen LogP contribution in [0.3, 0.4) is 0 Å². The number of carbonyl (C=O) groups is 4. The number of imide groups is 1. The molecule has 0 aliphatic carbocycles. The molecule has 1 unspecified atom stereocenters. The Labute approximate surface area is 212 Å². The number of carbonyl (C=O) groups excluding carboxylic acids is 4. The molecule has 0 aromatic heterocycles. The largest absolute Gasteiger partial charge is 0.462 e. The summed E-state index contributed by atoms with van der Waals surface area (Å²) in [6.45, 7) is 3.83. The molecule has 2 heterocycles. The van der Waals surface area contributed by atoms with Crippen molar-refractivity contribution in [2.75, 3.05) is 11.5 Å². The van der Waals surface area contributed by atoms with Crippen molar-refractivity contribution in [1.82, 2.24) is 4.90 Å². The van der Waals surface area contributed by atoms with Crippen LogP contribution in [0.1, 0.15) is 36.2 Å². The first-order valence-corrected chi connectivity index (χ1v) is 12.2. The van der Waals surface area contributed by atoms with Crippen LogP contribution in [0.15, 0.2) is 71.2 Å². The molecule has 3 amide bonds. The minimum Gasteiger partial charge on any atom is -0.462 e. The van der Waals surface area contributed by atoms with Gasteiger partial charge in [0.1, 0.15) is 10.4 Å². The van der Waals surface area contributed by atoms with Crippen LogP contribution in [-0.4, -0.2) is 45.6 Å². The number of allylic oxidation sites excluding steroid dienone is 2. The van der Waals surface area contributed by atoms with Crippen molar-refractivity contribution in [3.8, 4) is 0 Å². The van der Waals surface area contributed by atoms with Crippen LogP contribution < -0.4 is 4.90 Å². The summed E-state index contributed by atoms with van der Waals surface area (Å²) in [5.74, 6) is -1.86. The SMILES string of the molecule is CCOC(=O)c1ccc(N2C(=O)CC(N3C(=O)/C(=C/C(C)=C/c4ccccc4)SC3=S)C2=O)cc1. The highest BCUT2D eigenvalue weighted by Gasteiger charge is 2.48. The average Bonchev–Trinajstić information content (AvgIpc) is 3.27. The maximum absolute atomic E-state index is 13.2. The zero-order valence-corrected chi connectivity index (χ0v) is 20.7. The lowest BCUT2D eigenvalue weighted by Crippen LogP contribution is -2.44. The van der Waals surface area contributed by atoms with E-state index in [1.807, 2.05) is 43.3 Å². The number of hydrogen-bond acceptors (Lipinski definition) is 7. The third kappa shape index (κ3) is 5.11. The fourth-order valence-electron chi connectivity index (χ4n) is 3.86. The molecule has 0 saturated carbocycles. The summed E-state index contributed by atoms with van der Waals surface area (Å²) < 4.78 is 5.19. The van der Waals surface area contributed by atoms with Crippen molar-refractivity contribution in [3.05, 3.63) is 82.3 Å². The molecule has 4 rings (SSSR count). The molecule has 1 atom stereocenters. The number of hydrogen-bond donors (Lipinski definition) is 0. The van der Waals surface area contributed by atoms with Gasteiger partial charge in [-0.1, -0.05) is 60.4 Å². The number of anilines is 1. The molecule has 9 heteroatoms. The molecular formula is C26H22N2O5S2. The normalized spacial score (nSPS) is 19.8. The van der Waals surface area contributed by atoms with Crippen LogP contribution in [-0.2, 0) is 19.1 Å². The molecule has 0 spiro atoms. The number of esters is 1. The lowest BCUT2D eigenvalue weighted by atomic mass is 10.1. The van der Waals surface area contributed by atoms with Gasteiger partial charge in [0.15, 0.2) is 0 Å². The van der Waals surface area contributed by atoms with Crippen molar-refractivity contribution in [3.63, 3.8) is 0 Å². The van der Waals surface area contributed by atoms with E-state index in [1.165, 1.54) is 29.2 Å². The second kappa shape index (κ2) is 10.4. The van der Waals surface area contributed by atoms with Gasteiger partial charge in [-0.05, 0) is 55.3 Å². The van der Waals surface area contributed by atoms with E-state index in [0.717, 1.165) is 27.8 Å². The number of nitrogens with zero attached hydrogens (tertiary/aromatic N) is 2. The van der Waals surface area contributed by atoms with E-state index in [-0.39, 0.29) is 17.3 Å². The molecule has 2 aliphatic rings. The van der Waals surface area contributed by atoms with Gasteiger partial charge < -0.3 is 4.74 Å². The maximum Gasteiger partial charge on any atom is 0.338 e. The van der Waals surface area contributed by atoms with Crippen molar-refractivity contribution in [2.24, 2.45) is 0 Å². The zero-order chi connectivity index (χ0) is 25.1. The van der Waals surface area contributed by atoms with E-state index in [1.54, 1.807) is 13.0 Å². The third-order valence-corrected chi connectivity index (χ3v) is 6.78. The molecule has 2 aromatic rings. The standard InChI is InChI=1S/C26H22N2O5S2/c1-3-33-25(32)18-9-11-19(12-10-18)27-22(29)15-20(23(27)30)28-24(31)21(35-26(28)34)14-16(2)13-17-7-5-4-6-8-17/h4-14,20H,3,15H2,1-2H3/b16-13+,21-14-. The third-order valence-electron chi connectivity index (χ3n) is 5.45. The summed E-state index contributed by atoms with van der Waals surface area (Å²) in [5, 5.41) is 0. The Hall–Kier alpha value is -3.56. The van der Waals surface area contributed by atoms with Gasteiger partial charge >= 0.3 is 5.97 Å². The van der Waals surface area contributed by atoms with Crippen LogP contribution in [0, 0.1) is 0 Å². The molecule has 0 radical (unpaired) electrons. The zero-order valence-electron chi connectivity index (χ0n) is 19.1. The van der Waals surface area contributed by atoms with Gasteiger partial charge in [-0.15, -0.1) is 0 Å². The second-order valence-electron chi connectivity index (χ2n) is 7.91. The Morgan fingerprint density at radius 3 is 2.46 bits per heavy atom. The lowest BCUT2D eigenvalue weighted by molar-refractivity contribution is -0.130. The number of ether oxygens (including phenoxy) is 1. The molecule has 35 heavy (non-hydrogen) atoms. The van der Waals surface area contributed by atoms with Gasteiger partial charge in [-0.3, -0.25) is 19.3 Å².